The Morgan fingerprint density at radius 3 is 2.82 bits per heavy atom. The van der Waals surface area contributed by atoms with Gasteiger partial charge in [-0.15, -0.1) is 0 Å². The topological polar surface area (TPSA) is 73.9 Å². The van der Waals surface area contributed by atoms with E-state index in [-0.39, 0.29) is 0 Å². The molecule has 2 N–H and O–H groups in total. The van der Waals surface area contributed by atoms with Crippen LogP contribution in [0.4, 0.5) is 5.82 Å². The highest BCUT2D eigenvalue weighted by Gasteiger charge is 2.04. The van der Waals surface area contributed by atoms with Gasteiger partial charge in [0.05, 0.1) is 24.7 Å². The van der Waals surface area contributed by atoms with Gasteiger partial charge < -0.3 is 10.5 Å². The lowest BCUT2D eigenvalue weighted by atomic mass is 10.1. The summed E-state index contributed by atoms with van der Waals surface area (Å²) in [4.78, 5) is 12.5. The summed E-state index contributed by atoms with van der Waals surface area (Å²) in [6.07, 6.45) is 4.95. The van der Waals surface area contributed by atoms with E-state index >= 15 is 0 Å². The number of ether oxygens (including phenoxy) is 1. The molecule has 0 unspecified atom stereocenters. The van der Waals surface area contributed by atoms with Gasteiger partial charge in [-0.2, -0.15) is 0 Å². The van der Waals surface area contributed by atoms with E-state index in [2.05, 4.69) is 15.0 Å². The number of pyridine rings is 1. The van der Waals surface area contributed by atoms with Gasteiger partial charge in [-0.25, -0.2) is 9.97 Å². The van der Waals surface area contributed by atoms with Crippen LogP contribution in [0.15, 0.2) is 24.7 Å². The van der Waals surface area contributed by atoms with Crippen LogP contribution in [0.25, 0.3) is 11.3 Å². The van der Waals surface area contributed by atoms with E-state index in [4.69, 9.17) is 10.5 Å². The SMILES string of the molecule is CCOc1cncc(-c2cnc(N)c(C)c2)n1. The summed E-state index contributed by atoms with van der Waals surface area (Å²) in [5, 5.41) is 0. The molecule has 2 rings (SSSR count). The predicted molar refractivity (Wildman–Crippen MR) is 65.6 cm³/mol. The lowest BCUT2D eigenvalue weighted by Gasteiger charge is -2.05. The van der Waals surface area contributed by atoms with Crippen LogP contribution >= 0.6 is 0 Å². The molecule has 2 heterocycles. The van der Waals surface area contributed by atoms with Crippen molar-refractivity contribution in [2.75, 3.05) is 12.3 Å². The first-order valence-corrected chi connectivity index (χ1v) is 5.38. The number of aryl methyl sites for hydroxylation is 1. The van der Waals surface area contributed by atoms with Crippen molar-refractivity contribution in [2.45, 2.75) is 13.8 Å². The molecule has 2 aromatic rings. The Balaban J connectivity index is 2.38. The van der Waals surface area contributed by atoms with Gasteiger partial charge in [-0.1, -0.05) is 0 Å². The Bertz CT molecular complexity index is 528. The molecule has 0 fully saturated rings. The van der Waals surface area contributed by atoms with Crippen molar-refractivity contribution < 1.29 is 4.74 Å². The Kier molecular flexibility index (Phi) is 3.18. The minimum absolute atomic E-state index is 0.513. The average molecular weight is 230 g/mol. The largest absolute Gasteiger partial charge is 0.477 e. The number of anilines is 1. The van der Waals surface area contributed by atoms with Gasteiger partial charge in [-0.05, 0) is 25.5 Å². The van der Waals surface area contributed by atoms with E-state index in [9.17, 15) is 0 Å². The average Bonchev–Trinajstić information content (AvgIpc) is 2.33. The fourth-order valence-corrected chi connectivity index (χ4v) is 1.43. The summed E-state index contributed by atoms with van der Waals surface area (Å²) in [5.74, 6) is 1.04. The molecule has 0 saturated carbocycles. The van der Waals surface area contributed by atoms with E-state index in [1.165, 1.54) is 0 Å². The van der Waals surface area contributed by atoms with Gasteiger partial charge >= 0.3 is 0 Å². The molecule has 5 nitrogen and oxygen atoms in total. The van der Waals surface area contributed by atoms with Crippen LogP contribution < -0.4 is 10.5 Å². The first kappa shape index (κ1) is 11.3. The van der Waals surface area contributed by atoms with Gasteiger partial charge in [0.2, 0.25) is 5.88 Å². The molecule has 0 bridgehead atoms. The molecule has 0 saturated heterocycles. The first-order valence-electron chi connectivity index (χ1n) is 5.38. The van der Waals surface area contributed by atoms with Gasteiger partial charge in [0.1, 0.15) is 5.82 Å². The van der Waals surface area contributed by atoms with Crippen LogP contribution in [0.5, 0.6) is 5.88 Å². The number of aromatic nitrogens is 3. The summed E-state index contributed by atoms with van der Waals surface area (Å²) in [7, 11) is 0. The third-order valence-electron chi connectivity index (χ3n) is 2.32. The minimum atomic E-state index is 0.513. The predicted octanol–water partition coefficient (Wildman–Crippen LogP) is 1.83. The van der Waals surface area contributed by atoms with E-state index < -0.39 is 0 Å². The van der Waals surface area contributed by atoms with Crippen molar-refractivity contribution >= 4 is 5.82 Å². The van der Waals surface area contributed by atoms with E-state index in [0.717, 1.165) is 16.8 Å². The molecule has 0 amide bonds. The maximum Gasteiger partial charge on any atom is 0.232 e. The fraction of sp³-hybridized carbons (Fsp3) is 0.250. The molecule has 0 atom stereocenters. The summed E-state index contributed by atoms with van der Waals surface area (Å²) in [6, 6.07) is 1.93. The Morgan fingerprint density at radius 1 is 1.29 bits per heavy atom. The van der Waals surface area contributed by atoms with E-state index in [1.807, 2.05) is 19.9 Å². The molecular weight excluding hydrogens is 216 g/mol. The molecule has 0 spiro atoms. The number of hydrogen-bond acceptors (Lipinski definition) is 5. The van der Waals surface area contributed by atoms with E-state index in [0.29, 0.717) is 18.3 Å². The highest BCUT2D eigenvalue weighted by molar-refractivity contribution is 5.60. The molecule has 2 aromatic heterocycles. The monoisotopic (exact) mass is 230 g/mol. The number of nitrogens with two attached hydrogens (primary N) is 1. The number of rotatable bonds is 3. The second-order valence-corrected chi connectivity index (χ2v) is 3.60. The Labute approximate surface area is 99.7 Å². The van der Waals surface area contributed by atoms with Crippen molar-refractivity contribution in [3.8, 4) is 17.1 Å². The van der Waals surface area contributed by atoms with Gasteiger partial charge in [0.15, 0.2) is 0 Å². The van der Waals surface area contributed by atoms with Gasteiger partial charge in [0, 0.05) is 11.8 Å². The number of nitrogen functional groups attached to an aromatic ring is 1. The lowest BCUT2D eigenvalue weighted by molar-refractivity contribution is 0.325. The smallest absolute Gasteiger partial charge is 0.232 e. The highest BCUT2D eigenvalue weighted by Crippen LogP contribution is 2.20. The van der Waals surface area contributed by atoms with Crippen LogP contribution in [-0.4, -0.2) is 21.6 Å². The zero-order valence-electron chi connectivity index (χ0n) is 9.84. The third-order valence-corrected chi connectivity index (χ3v) is 2.32. The second-order valence-electron chi connectivity index (χ2n) is 3.60. The molecule has 0 aliphatic carbocycles. The summed E-state index contributed by atoms with van der Waals surface area (Å²) in [6.45, 7) is 4.38. The highest BCUT2D eigenvalue weighted by atomic mass is 16.5. The zero-order chi connectivity index (χ0) is 12.3. The summed E-state index contributed by atoms with van der Waals surface area (Å²) < 4.78 is 5.30. The summed E-state index contributed by atoms with van der Waals surface area (Å²) >= 11 is 0. The second kappa shape index (κ2) is 4.78. The zero-order valence-corrected chi connectivity index (χ0v) is 9.84. The lowest BCUT2D eigenvalue weighted by Crippen LogP contribution is -1.98. The maximum atomic E-state index is 5.67. The Morgan fingerprint density at radius 2 is 2.12 bits per heavy atom. The molecule has 0 aliphatic heterocycles. The summed E-state index contributed by atoms with van der Waals surface area (Å²) in [5.41, 5.74) is 8.20. The number of hydrogen-bond donors (Lipinski definition) is 1. The van der Waals surface area contributed by atoms with E-state index in [1.54, 1.807) is 18.6 Å². The minimum Gasteiger partial charge on any atom is -0.477 e. The molecule has 88 valence electrons. The van der Waals surface area contributed by atoms with Crippen molar-refractivity contribution in [2.24, 2.45) is 0 Å². The van der Waals surface area contributed by atoms with Crippen LogP contribution in [0.2, 0.25) is 0 Å². The molecule has 17 heavy (non-hydrogen) atoms. The van der Waals surface area contributed by atoms with Crippen molar-refractivity contribution in [3.63, 3.8) is 0 Å². The fourth-order valence-electron chi connectivity index (χ4n) is 1.43. The maximum absolute atomic E-state index is 5.67. The van der Waals surface area contributed by atoms with Crippen LogP contribution in [0.3, 0.4) is 0 Å². The van der Waals surface area contributed by atoms with Crippen molar-refractivity contribution in [3.05, 3.63) is 30.2 Å². The molecule has 5 heteroatoms. The molecule has 0 radical (unpaired) electrons. The molecular formula is C12H14N4O. The third kappa shape index (κ3) is 2.50. The quantitative estimate of drug-likeness (QED) is 0.870. The van der Waals surface area contributed by atoms with Crippen molar-refractivity contribution in [1.29, 1.82) is 0 Å². The molecule has 0 aliphatic rings. The number of nitrogens with zero attached hydrogens (tertiary/aromatic N) is 3. The standard InChI is InChI=1S/C12H14N4O/c1-3-17-11-7-14-6-10(16-11)9-4-8(2)12(13)15-5-9/h4-7H,3H2,1-2H3,(H2,13,15). The first-order chi connectivity index (χ1) is 8.20. The Hall–Kier alpha value is -2.17. The normalized spacial score (nSPS) is 10.2. The van der Waals surface area contributed by atoms with Crippen LogP contribution in [0, 0.1) is 6.92 Å². The van der Waals surface area contributed by atoms with Crippen molar-refractivity contribution in [1.82, 2.24) is 15.0 Å². The van der Waals surface area contributed by atoms with Crippen LogP contribution in [0.1, 0.15) is 12.5 Å². The molecule has 0 aromatic carbocycles. The van der Waals surface area contributed by atoms with Gasteiger partial charge in [0.25, 0.3) is 0 Å². The van der Waals surface area contributed by atoms with Gasteiger partial charge in [-0.3, -0.25) is 4.98 Å². The van der Waals surface area contributed by atoms with Crippen LogP contribution in [-0.2, 0) is 0 Å².